The molecule has 0 amide bonds. The van der Waals surface area contributed by atoms with Crippen LogP contribution < -0.4 is 16.0 Å². The average Bonchev–Trinajstić information content (AvgIpc) is 2.29. The Morgan fingerprint density at radius 2 is 2.00 bits per heavy atom. The second-order valence-electron chi connectivity index (χ2n) is 4.75. The molecule has 0 fully saturated rings. The number of ether oxygens (including phenoxy) is 1. The summed E-state index contributed by atoms with van der Waals surface area (Å²) in [6, 6.07) is 1.90. The van der Waals surface area contributed by atoms with E-state index in [9.17, 15) is 0 Å². The lowest BCUT2D eigenvalue weighted by molar-refractivity contribution is 0.210. The number of anilines is 2. The molecule has 0 aliphatic heterocycles. The third-order valence-corrected chi connectivity index (χ3v) is 2.36. The highest BCUT2D eigenvalue weighted by molar-refractivity contribution is 5.47. The Morgan fingerprint density at radius 1 is 1.28 bits per heavy atom. The van der Waals surface area contributed by atoms with Gasteiger partial charge in [0.15, 0.2) is 0 Å². The normalized spacial score (nSPS) is 11.3. The molecule has 3 N–H and O–H groups in total. The molecule has 0 aliphatic carbocycles. The van der Waals surface area contributed by atoms with Gasteiger partial charge in [-0.2, -0.15) is 0 Å². The monoisotopic (exact) mass is 253 g/mol. The molecule has 6 heteroatoms. The van der Waals surface area contributed by atoms with Crippen molar-refractivity contribution in [3.63, 3.8) is 0 Å². The lowest BCUT2D eigenvalue weighted by Gasteiger charge is -2.26. The van der Waals surface area contributed by atoms with E-state index < -0.39 is 0 Å². The summed E-state index contributed by atoms with van der Waals surface area (Å²) in [6.45, 7) is 6.46. The van der Waals surface area contributed by atoms with Crippen LogP contribution in [0.3, 0.4) is 0 Å². The van der Waals surface area contributed by atoms with Gasteiger partial charge in [-0.1, -0.05) is 0 Å². The molecule has 6 nitrogen and oxygen atoms in total. The predicted octanol–water partition coefficient (Wildman–Crippen LogP) is 0.945. The first-order valence-electron chi connectivity index (χ1n) is 6.05. The van der Waals surface area contributed by atoms with Crippen LogP contribution in [-0.2, 0) is 4.74 Å². The molecule has 1 aromatic rings. The summed E-state index contributed by atoms with van der Waals surface area (Å²) >= 11 is 0. The number of hydrogen-bond donors (Lipinski definition) is 3. The zero-order valence-electron chi connectivity index (χ0n) is 11.6. The molecule has 1 aromatic heterocycles. The van der Waals surface area contributed by atoms with Crippen molar-refractivity contribution >= 4 is 11.6 Å². The van der Waals surface area contributed by atoms with E-state index in [1.807, 2.05) is 13.1 Å². The molecular formula is C12H23N5O. The molecule has 1 rings (SSSR count). The summed E-state index contributed by atoms with van der Waals surface area (Å²) in [7, 11) is 3.61. The third-order valence-electron chi connectivity index (χ3n) is 2.36. The lowest BCUT2D eigenvalue weighted by Crippen LogP contribution is -2.40. The van der Waals surface area contributed by atoms with E-state index >= 15 is 0 Å². The van der Waals surface area contributed by atoms with E-state index in [2.05, 4.69) is 39.8 Å². The van der Waals surface area contributed by atoms with Crippen LogP contribution in [-0.4, -0.2) is 49.4 Å². The summed E-state index contributed by atoms with van der Waals surface area (Å²) in [5, 5.41) is 9.68. The van der Waals surface area contributed by atoms with Crippen LogP contribution in [0, 0.1) is 0 Å². The van der Waals surface area contributed by atoms with E-state index in [4.69, 9.17) is 4.74 Å². The second-order valence-corrected chi connectivity index (χ2v) is 4.75. The van der Waals surface area contributed by atoms with Crippen molar-refractivity contribution in [2.45, 2.75) is 19.4 Å². The fraction of sp³-hybridized carbons (Fsp3) is 0.667. The summed E-state index contributed by atoms with van der Waals surface area (Å²) in [6.07, 6.45) is 1.55. The number of rotatable bonds is 8. The largest absolute Gasteiger partial charge is 0.383 e. The summed E-state index contributed by atoms with van der Waals surface area (Å²) < 4.78 is 4.98. The lowest BCUT2D eigenvalue weighted by atomic mass is 10.1. The second kappa shape index (κ2) is 7.13. The van der Waals surface area contributed by atoms with Crippen LogP contribution in [0.25, 0.3) is 0 Å². The molecular weight excluding hydrogens is 230 g/mol. The van der Waals surface area contributed by atoms with Crippen LogP contribution in [0.4, 0.5) is 11.6 Å². The predicted molar refractivity (Wildman–Crippen MR) is 74.0 cm³/mol. The maximum absolute atomic E-state index is 4.98. The Hall–Kier alpha value is -1.40. The van der Waals surface area contributed by atoms with E-state index in [1.165, 1.54) is 0 Å². The maximum atomic E-state index is 4.98. The number of nitrogens with one attached hydrogen (secondary N) is 3. The Labute approximate surface area is 109 Å². The number of hydrogen-bond acceptors (Lipinski definition) is 6. The van der Waals surface area contributed by atoms with Gasteiger partial charge in [0.05, 0.1) is 6.61 Å². The van der Waals surface area contributed by atoms with Gasteiger partial charge in [-0.25, -0.2) is 9.97 Å². The number of methoxy groups -OCH3 is 1. The molecule has 0 spiro atoms. The SMILES string of the molecule is CNCC(C)(C)Nc1cc(NCCOC)ncn1. The highest BCUT2D eigenvalue weighted by Gasteiger charge is 2.16. The number of likely N-dealkylation sites (N-methyl/N-ethyl adjacent to an activating group) is 1. The number of aromatic nitrogens is 2. The van der Waals surface area contributed by atoms with Crippen LogP contribution in [0.5, 0.6) is 0 Å². The Morgan fingerprint density at radius 3 is 2.67 bits per heavy atom. The molecule has 0 atom stereocenters. The summed E-state index contributed by atoms with van der Waals surface area (Å²) in [5.74, 6) is 1.61. The highest BCUT2D eigenvalue weighted by atomic mass is 16.5. The van der Waals surface area contributed by atoms with Crippen LogP contribution in [0.15, 0.2) is 12.4 Å². The van der Waals surface area contributed by atoms with Gasteiger partial charge < -0.3 is 20.7 Å². The van der Waals surface area contributed by atoms with Crippen molar-refractivity contribution < 1.29 is 4.74 Å². The highest BCUT2D eigenvalue weighted by Crippen LogP contribution is 2.14. The Kier molecular flexibility index (Phi) is 5.80. The standard InChI is InChI=1S/C12H23N5O/c1-12(2,8-13-3)17-11-7-10(15-9-16-11)14-5-6-18-4/h7,9,13H,5-6,8H2,1-4H3,(H2,14,15,16,17). The third kappa shape index (κ3) is 5.29. The van der Waals surface area contributed by atoms with Gasteiger partial charge in [0.1, 0.15) is 18.0 Å². The average molecular weight is 253 g/mol. The quantitative estimate of drug-likeness (QED) is 0.599. The maximum Gasteiger partial charge on any atom is 0.131 e. The fourth-order valence-electron chi connectivity index (χ4n) is 1.64. The van der Waals surface area contributed by atoms with Gasteiger partial charge in [-0.15, -0.1) is 0 Å². The fourth-order valence-corrected chi connectivity index (χ4v) is 1.64. The van der Waals surface area contributed by atoms with E-state index in [-0.39, 0.29) is 5.54 Å². The summed E-state index contributed by atoms with van der Waals surface area (Å²) in [5.41, 5.74) is -0.0626. The van der Waals surface area contributed by atoms with Crippen LogP contribution >= 0.6 is 0 Å². The Balaban J connectivity index is 2.58. The smallest absolute Gasteiger partial charge is 0.131 e. The van der Waals surface area contributed by atoms with Gasteiger partial charge >= 0.3 is 0 Å². The molecule has 0 aromatic carbocycles. The zero-order chi connectivity index (χ0) is 13.4. The van der Waals surface area contributed by atoms with Crippen LogP contribution in [0.2, 0.25) is 0 Å². The summed E-state index contributed by atoms with van der Waals surface area (Å²) in [4.78, 5) is 8.37. The van der Waals surface area contributed by atoms with Gasteiger partial charge in [0.25, 0.3) is 0 Å². The minimum absolute atomic E-state index is 0.0626. The first-order chi connectivity index (χ1) is 8.57. The molecule has 0 unspecified atom stereocenters. The van der Waals surface area contributed by atoms with Crippen LogP contribution in [0.1, 0.15) is 13.8 Å². The molecule has 0 saturated carbocycles. The Bertz CT molecular complexity index is 356. The zero-order valence-corrected chi connectivity index (χ0v) is 11.6. The molecule has 0 bridgehead atoms. The van der Waals surface area contributed by atoms with Crippen molar-refractivity contribution in [3.8, 4) is 0 Å². The van der Waals surface area contributed by atoms with Crippen molar-refractivity contribution in [3.05, 3.63) is 12.4 Å². The molecule has 102 valence electrons. The number of nitrogens with zero attached hydrogens (tertiary/aromatic N) is 2. The van der Waals surface area contributed by atoms with E-state index in [0.717, 1.165) is 24.7 Å². The first-order valence-corrected chi connectivity index (χ1v) is 6.05. The van der Waals surface area contributed by atoms with Crippen molar-refractivity contribution in [2.75, 3.05) is 44.5 Å². The van der Waals surface area contributed by atoms with Gasteiger partial charge in [-0.05, 0) is 20.9 Å². The molecule has 0 radical (unpaired) electrons. The van der Waals surface area contributed by atoms with E-state index in [1.54, 1.807) is 13.4 Å². The van der Waals surface area contributed by atoms with E-state index in [0.29, 0.717) is 6.61 Å². The molecule has 18 heavy (non-hydrogen) atoms. The van der Waals surface area contributed by atoms with Gasteiger partial charge in [-0.3, -0.25) is 0 Å². The minimum Gasteiger partial charge on any atom is -0.383 e. The minimum atomic E-state index is -0.0626. The van der Waals surface area contributed by atoms with Crippen molar-refractivity contribution in [2.24, 2.45) is 0 Å². The van der Waals surface area contributed by atoms with Crippen molar-refractivity contribution in [1.82, 2.24) is 15.3 Å². The van der Waals surface area contributed by atoms with Gasteiger partial charge in [0, 0.05) is 31.8 Å². The molecule has 1 heterocycles. The van der Waals surface area contributed by atoms with Crippen molar-refractivity contribution in [1.29, 1.82) is 0 Å². The first kappa shape index (κ1) is 14.7. The molecule has 0 aliphatic rings. The van der Waals surface area contributed by atoms with Gasteiger partial charge in [0.2, 0.25) is 0 Å². The molecule has 0 saturated heterocycles. The topological polar surface area (TPSA) is 71.1 Å².